The lowest BCUT2D eigenvalue weighted by atomic mass is 9.94. The van der Waals surface area contributed by atoms with Crippen molar-refractivity contribution in [1.82, 2.24) is 9.97 Å². The largest absolute Gasteiger partial charge is 0.434 e. The number of hydrogen-bond acceptors (Lipinski definition) is 4. The normalized spacial score (nSPS) is 17.1. The number of ether oxygens (including phenoxy) is 1. The predicted molar refractivity (Wildman–Crippen MR) is 127 cm³/mol. The van der Waals surface area contributed by atoms with Crippen LogP contribution in [-0.2, 0) is 0 Å². The monoisotopic (exact) mass is 496 g/mol. The second kappa shape index (κ2) is 9.83. The van der Waals surface area contributed by atoms with E-state index in [9.17, 15) is 13.9 Å². The van der Waals surface area contributed by atoms with Crippen LogP contribution in [0.15, 0.2) is 53.5 Å². The van der Waals surface area contributed by atoms with Crippen molar-refractivity contribution in [3.63, 3.8) is 0 Å². The summed E-state index contributed by atoms with van der Waals surface area (Å²) in [6.07, 6.45) is 5.92. The van der Waals surface area contributed by atoms with E-state index in [2.05, 4.69) is 27.7 Å². The van der Waals surface area contributed by atoms with Gasteiger partial charge < -0.3 is 14.8 Å². The van der Waals surface area contributed by atoms with Crippen LogP contribution in [0, 0.1) is 5.92 Å². The minimum absolute atomic E-state index is 0.0404. The van der Waals surface area contributed by atoms with Crippen LogP contribution in [0.3, 0.4) is 0 Å². The van der Waals surface area contributed by atoms with E-state index in [1.165, 1.54) is 11.0 Å². The maximum absolute atomic E-state index is 12.9. The summed E-state index contributed by atoms with van der Waals surface area (Å²) in [4.78, 5) is 8.80. The molecule has 0 saturated heterocycles. The summed E-state index contributed by atoms with van der Waals surface area (Å²) in [6, 6.07) is 7.91. The SMILES string of the molecule is CCSC1=CCC(C(O)c2nc3c(Cl)c(-c4ccccc4OC(F)F)c(Cl)cc3[nH]2)C=C1. The fourth-order valence-corrected chi connectivity index (χ4v) is 5.11. The molecule has 1 aliphatic carbocycles. The number of H-pyrrole nitrogens is 1. The Morgan fingerprint density at radius 2 is 2.09 bits per heavy atom. The number of nitrogens with one attached hydrogen (secondary N) is 1. The van der Waals surface area contributed by atoms with Gasteiger partial charge in [0.25, 0.3) is 0 Å². The van der Waals surface area contributed by atoms with Crippen LogP contribution in [0.2, 0.25) is 10.0 Å². The molecule has 32 heavy (non-hydrogen) atoms. The number of aromatic nitrogens is 2. The first kappa shape index (κ1) is 23.1. The molecular weight excluding hydrogens is 477 g/mol. The number of hydrogen-bond donors (Lipinski definition) is 2. The molecule has 9 heteroatoms. The number of rotatable bonds is 7. The highest BCUT2D eigenvalue weighted by Crippen LogP contribution is 2.44. The van der Waals surface area contributed by atoms with Crippen LogP contribution in [-0.4, -0.2) is 27.4 Å². The summed E-state index contributed by atoms with van der Waals surface area (Å²) in [7, 11) is 0. The lowest BCUT2D eigenvalue weighted by Gasteiger charge is -2.20. The zero-order valence-corrected chi connectivity index (χ0v) is 19.3. The van der Waals surface area contributed by atoms with Crippen molar-refractivity contribution in [2.45, 2.75) is 26.1 Å². The van der Waals surface area contributed by atoms with Crippen LogP contribution >= 0.6 is 35.0 Å². The zero-order valence-electron chi connectivity index (χ0n) is 17.0. The molecular formula is C23H20Cl2F2N2O2S. The average Bonchev–Trinajstić information content (AvgIpc) is 3.19. The van der Waals surface area contributed by atoms with E-state index in [1.807, 2.05) is 12.2 Å². The van der Waals surface area contributed by atoms with Gasteiger partial charge in [0.2, 0.25) is 0 Å². The van der Waals surface area contributed by atoms with Crippen molar-refractivity contribution in [3.05, 3.63) is 69.3 Å². The summed E-state index contributed by atoms with van der Waals surface area (Å²) < 4.78 is 30.4. The van der Waals surface area contributed by atoms with E-state index in [1.54, 1.807) is 36.0 Å². The van der Waals surface area contributed by atoms with Crippen LogP contribution in [0.25, 0.3) is 22.2 Å². The van der Waals surface area contributed by atoms with Crippen molar-refractivity contribution in [1.29, 1.82) is 0 Å². The van der Waals surface area contributed by atoms with E-state index in [-0.39, 0.29) is 21.7 Å². The standard InChI is InChI=1S/C23H20Cl2F2N2O2S/c1-2-32-13-9-7-12(8-10-13)21(30)22-28-16-11-15(24)18(19(25)20(16)29-22)14-5-3-4-6-17(14)31-23(26)27/h3-7,9-12,21,23,30H,2,8H2,1H3,(H,28,29). The molecule has 0 radical (unpaired) electrons. The molecule has 4 rings (SSSR count). The second-order valence-corrected chi connectivity index (χ2v) is 9.31. The van der Waals surface area contributed by atoms with Gasteiger partial charge in [-0.2, -0.15) is 8.78 Å². The fraction of sp³-hybridized carbons (Fsp3) is 0.261. The molecule has 0 amide bonds. The fourth-order valence-electron chi connectivity index (χ4n) is 3.69. The van der Waals surface area contributed by atoms with Crippen LogP contribution < -0.4 is 4.74 Å². The molecule has 0 aliphatic heterocycles. The summed E-state index contributed by atoms with van der Waals surface area (Å²) in [6.45, 7) is -0.894. The third kappa shape index (κ3) is 4.66. The first-order valence-corrected chi connectivity index (χ1v) is 11.7. The molecule has 2 N–H and O–H groups in total. The highest BCUT2D eigenvalue weighted by Gasteiger charge is 2.25. The third-order valence-corrected chi connectivity index (χ3v) is 6.75. The van der Waals surface area contributed by atoms with E-state index in [4.69, 9.17) is 23.2 Å². The first-order chi connectivity index (χ1) is 15.4. The number of nitrogens with zero attached hydrogens (tertiary/aromatic N) is 1. The number of halogens is 4. The topological polar surface area (TPSA) is 58.1 Å². The number of aliphatic hydroxyl groups is 1. The number of para-hydroxylation sites is 1. The maximum atomic E-state index is 12.9. The van der Waals surface area contributed by atoms with E-state index in [0.717, 1.165) is 5.75 Å². The van der Waals surface area contributed by atoms with Gasteiger partial charge in [-0.25, -0.2) is 4.98 Å². The minimum Gasteiger partial charge on any atom is -0.434 e. The molecule has 0 fully saturated rings. The highest BCUT2D eigenvalue weighted by molar-refractivity contribution is 8.03. The van der Waals surface area contributed by atoms with Gasteiger partial charge >= 0.3 is 6.61 Å². The molecule has 1 aromatic heterocycles. The number of aromatic amines is 1. The Kier molecular flexibility index (Phi) is 7.10. The number of imidazole rings is 1. The molecule has 168 valence electrons. The van der Waals surface area contributed by atoms with Gasteiger partial charge in [0.1, 0.15) is 23.2 Å². The van der Waals surface area contributed by atoms with E-state index < -0.39 is 12.7 Å². The number of alkyl halides is 2. The molecule has 2 aromatic carbocycles. The van der Waals surface area contributed by atoms with Gasteiger partial charge in [-0.05, 0) is 24.3 Å². The molecule has 2 unspecified atom stereocenters. The molecule has 0 spiro atoms. The van der Waals surface area contributed by atoms with Gasteiger partial charge in [0.05, 0.1) is 15.6 Å². The van der Waals surface area contributed by atoms with Crippen LogP contribution in [0.5, 0.6) is 5.75 Å². The minimum atomic E-state index is -2.99. The lowest BCUT2D eigenvalue weighted by Crippen LogP contribution is -2.13. The molecule has 1 heterocycles. The molecule has 2 atom stereocenters. The van der Waals surface area contributed by atoms with Crippen LogP contribution in [0.4, 0.5) is 8.78 Å². The van der Waals surface area contributed by atoms with Crippen molar-refractivity contribution < 1.29 is 18.6 Å². The van der Waals surface area contributed by atoms with Gasteiger partial charge in [-0.3, -0.25) is 0 Å². The number of fused-ring (bicyclic) bond motifs is 1. The molecule has 0 saturated carbocycles. The highest BCUT2D eigenvalue weighted by atomic mass is 35.5. The van der Waals surface area contributed by atoms with Gasteiger partial charge in [0, 0.05) is 21.9 Å². The first-order valence-electron chi connectivity index (χ1n) is 10.00. The van der Waals surface area contributed by atoms with Crippen molar-refractivity contribution in [3.8, 4) is 16.9 Å². The summed E-state index contributed by atoms with van der Waals surface area (Å²) >= 11 is 14.9. The Balaban J connectivity index is 1.70. The van der Waals surface area contributed by atoms with Crippen molar-refractivity contribution in [2.75, 3.05) is 5.75 Å². The predicted octanol–water partition coefficient (Wildman–Crippen LogP) is 7.38. The van der Waals surface area contributed by atoms with E-state index in [0.29, 0.717) is 34.4 Å². The maximum Gasteiger partial charge on any atom is 0.387 e. The Hall–Kier alpha value is -2.06. The number of allylic oxidation sites excluding steroid dienone is 2. The van der Waals surface area contributed by atoms with Gasteiger partial charge in [-0.1, -0.05) is 66.6 Å². The molecule has 4 nitrogen and oxygen atoms in total. The summed E-state index contributed by atoms with van der Waals surface area (Å²) in [5.41, 5.74) is 1.61. The Labute approximate surface area is 198 Å². The number of benzene rings is 2. The third-order valence-electron chi connectivity index (χ3n) is 5.16. The quantitative estimate of drug-likeness (QED) is 0.358. The van der Waals surface area contributed by atoms with Crippen molar-refractivity contribution in [2.24, 2.45) is 5.92 Å². The number of aliphatic hydroxyl groups excluding tert-OH is 1. The van der Waals surface area contributed by atoms with Crippen LogP contribution in [0.1, 0.15) is 25.3 Å². The Bertz CT molecular complexity index is 1200. The second-order valence-electron chi connectivity index (χ2n) is 7.18. The van der Waals surface area contributed by atoms with Crippen molar-refractivity contribution >= 4 is 46.0 Å². The summed E-state index contributed by atoms with van der Waals surface area (Å²) in [5.74, 6) is 1.17. The molecule has 3 aromatic rings. The number of thioether (sulfide) groups is 1. The Morgan fingerprint density at radius 3 is 2.78 bits per heavy atom. The van der Waals surface area contributed by atoms with Gasteiger partial charge in [0.15, 0.2) is 0 Å². The average molecular weight is 497 g/mol. The molecule has 1 aliphatic rings. The van der Waals surface area contributed by atoms with Gasteiger partial charge in [-0.15, -0.1) is 11.8 Å². The smallest absolute Gasteiger partial charge is 0.387 e. The lowest BCUT2D eigenvalue weighted by molar-refractivity contribution is -0.0494. The van der Waals surface area contributed by atoms with E-state index >= 15 is 0 Å². The Morgan fingerprint density at radius 1 is 1.31 bits per heavy atom. The zero-order chi connectivity index (χ0) is 22.8. The summed E-state index contributed by atoms with van der Waals surface area (Å²) in [5, 5.41) is 11.3. The molecule has 0 bridgehead atoms.